The Labute approximate surface area is 148 Å². The zero-order chi connectivity index (χ0) is 17.1. The second-order valence-corrected chi connectivity index (χ2v) is 6.97. The molecule has 25 heavy (non-hydrogen) atoms. The summed E-state index contributed by atoms with van der Waals surface area (Å²) in [7, 11) is 0. The Morgan fingerprint density at radius 2 is 1.92 bits per heavy atom. The molecule has 1 saturated heterocycles. The van der Waals surface area contributed by atoms with E-state index in [1.165, 1.54) is 16.8 Å². The van der Waals surface area contributed by atoms with Crippen LogP contribution in [0.3, 0.4) is 0 Å². The van der Waals surface area contributed by atoms with Crippen LogP contribution in [0.25, 0.3) is 0 Å². The molecule has 1 aromatic carbocycles. The quantitative estimate of drug-likeness (QED) is 0.901. The fourth-order valence-corrected chi connectivity index (χ4v) is 3.69. The highest BCUT2D eigenvalue weighted by atomic mass is 16.1. The average molecular weight is 336 g/mol. The van der Waals surface area contributed by atoms with Crippen LogP contribution in [-0.2, 0) is 17.8 Å². The third-order valence-electron chi connectivity index (χ3n) is 5.11. The van der Waals surface area contributed by atoms with Crippen molar-refractivity contribution < 1.29 is 4.79 Å². The predicted octanol–water partition coefficient (Wildman–Crippen LogP) is 3.04. The van der Waals surface area contributed by atoms with E-state index < -0.39 is 0 Å². The molecule has 0 spiro atoms. The Balaban J connectivity index is 1.31. The third kappa shape index (κ3) is 3.99. The summed E-state index contributed by atoms with van der Waals surface area (Å²) in [5, 5.41) is 6.62. The molecule has 5 heteroatoms. The predicted molar refractivity (Wildman–Crippen MR) is 99.6 cm³/mol. The number of likely N-dealkylation sites (tertiary alicyclic amines) is 1. The zero-order valence-electron chi connectivity index (χ0n) is 14.4. The van der Waals surface area contributed by atoms with E-state index in [2.05, 4.69) is 44.8 Å². The number of nitrogens with one attached hydrogen (secondary N) is 2. The molecular weight excluding hydrogens is 312 g/mol. The largest absolute Gasteiger partial charge is 0.382 e. The first-order valence-electron chi connectivity index (χ1n) is 9.07. The molecule has 4 rings (SSSR count). The molecule has 5 nitrogen and oxygen atoms in total. The first-order valence-corrected chi connectivity index (χ1v) is 9.07. The lowest BCUT2D eigenvalue weighted by molar-refractivity contribution is -0.116. The second-order valence-electron chi connectivity index (χ2n) is 6.97. The molecule has 0 aliphatic carbocycles. The van der Waals surface area contributed by atoms with Gasteiger partial charge in [-0.25, -0.2) is 0 Å². The number of benzene rings is 1. The van der Waals surface area contributed by atoms with Gasteiger partial charge < -0.3 is 10.6 Å². The average Bonchev–Trinajstić information content (AvgIpc) is 2.64. The van der Waals surface area contributed by atoms with Crippen molar-refractivity contribution in [3.8, 4) is 0 Å². The van der Waals surface area contributed by atoms with Crippen molar-refractivity contribution in [2.24, 2.45) is 0 Å². The zero-order valence-corrected chi connectivity index (χ0v) is 14.4. The van der Waals surface area contributed by atoms with Crippen LogP contribution >= 0.6 is 0 Å². The van der Waals surface area contributed by atoms with E-state index in [4.69, 9.17) is 0 Å². The van der Waals surface area contributed by atoms with E-state index >= 15 is 0 Å². The van der Waals surface area contributed by atoms with Crippen molar-refractivity contribution in [1.29, 1.82) is 0 Å². The summed E-state index contributed by atoms with van der Waals surface area (Å²) < 4.78 is 0. The van der Waals surface area contributed by atoms with Gasteiger partial charge >= 0.3 is 0 Å². The Hall–Kier alpha value is -2.40. The van der Waals surface area contributed by atoms with E-state index in [1.54, 1.807) is 0 Å². The maximum Gasteiger partial charge on any atom is 0.224 e. The monoisotopic (exact) mass is 336 g/mol. The van der Waals surface area contributed by atoms with Crippen LogP contribution in [0.4, 0.5) is 11.4 Å². The summed E-state index contributed by atoms with van der Waals surface area (Å²) in [6.45, 7) is 3.23. The van der Waals surface area contributed by atoms with Gasteiger partial charge in [0.25, 0.3) is 0 Å². The molecule has 0 atom stereocenters. The van der Waals surface area contributed by atoms with Gasteiger partial charge in [0.2, 0.25) is 5.91 Å². The van der Waals surface area contributed by atoms with Crippen LogP contribution in [0.1, 0.15) is 30.4 Å². The molecule has 1 fully saturated rings. The minimum atomic E-state index is 0.120. The van der Waals surface area contributed by atoms with Gasteiger partial charge in [-0.3, -0.25) is 14.7 Å². The molecule has 2 aromatic rings. The van der Waals surface area contributed by atoms with E-state index in [1.807, 2.05) is 18.5 Å². The number of amides is 1. The summed E-state index contributed by atoms with van der Waals surface area (Å²) in [6.07, 6.45) is 7.45. The molecule has 130 valence electrons. The maximum absolute atomic E-state index is 11.5. The highest BCUT2D eigenvalue weighted by Crippen LogP contribution is 2.27. The normalized spacial score (nSPS) is 18.5. The number of carbonyl (C=O) groups is 1. The number of aromatic nitrogens is 1. The molecule has 1 amide bonds. The van der Waals surface area contributed by atoms with Gasteiger partial charge in [0.15, 0.2) is 0 Å². The van der Waals surface area contributed by atoms with Gasteiger partial charge in [-0.2, -0.15) is 0 Å². The van der Waals surface area contributed by atoms with Gasteiger partial charge in [0.05, 0.1) is 0 Å². The Kier molecular flexibility index (Phi) is 4.65. The standard InChI is InChI=1S/C20H24N4O/c25-20-4-1-16-13-18(2-3-19(16)23-20)22-17-7-11-24(12-8-17)14-15-5-9-21-10-6-15/h2-3,5-6,9-10,13,17,22H,1,4,7-8,11-12,14H2,(H,23,25). The van der Waals surface area contributed by atoms with Gasteiger partial charge in [-0.05, 0) is 60.7 Å². The van der Waals surface area contributed by atoms with Gasteiger partial charge in [0, 0.05) is 55.9 Å². The third-order valence-corrected chi connectivity index (χ3v) is 5.11. The van der Waals surface area contributed by atoms with Crippen LogP contribution in [0, 0.1) is 0 Å². The van der Waals surface area contributed by atoms with E-state index in [0.717, 1.165) is 44.6 Å². The van der Waals surface area contributed by atoms with Crippen LogP contribution < -0.4 is 10.6 Å². The topological polar surface area (TPSA) is 57.3 Å². The molecule has 2 aliphatic heterocycles. The number of nitrogens with zero attached hydrogens (tertiary/aromatic N) is 2. The van der Waals surface area contributed by atoms with E-state index in [0.29, 0.717) is 12.5 Å². The van der Waals surface area contributed by atoms with Gasteiger partial charge in [-0.1, -0.05) is 0 Å². The van der Waals surface area contributed by atoms with Crippen LogP contribution in [0.2, 0.25) is 0 Å². The summed E-state index contributed by atoms with van der Waals surface area (Å²) in [5.74, 6) is 0.120. The van der Waals surface area contributed by atoms with Crippen molar-refractivity contribution in [3.05, 3.63) is 53.9 Å². The maximum atomic E-state index is 11.5. The van der Waals surface area contributed by atoms with Crippen molar-refractivity contribution in [2.75, 3.05) is 23.7 Å². The summed E-state index contributed by atoms with van der Waals surface area (Å²) >= 11 is 0. The fraction of sp³-hybridized carbons (Fsp3) is 0.400. The fourth-order valence-electron chi connectivity index (χ4n) is 3.69. The second kappa shape index (κ2) is 7.23. The number of hydrogen-bond acceptors (Lipinski definition) is 4. The highest BCUT2D eigenvalue weighted by Gasteiger charge is 2.20. The van der Waals surface area contributed by atoms with E-state index in [-0.39, 0.29) is 5.91 Å². The summed E-state index contributed by atoms with van der Waals surface area (Å²) in [6, 6.07) is 11.0. The molecular formula is C20H24N4O. The minimum absolute atomic E-state index is 0.120. The van der Waals surface area contributed by atoms with Crippen LogP contribution in [0.15, 0.2) is 42.7 Å². The Morgan fingerprint density at radius 3 is 2.72 bits per heavy atom. The van der Waals surface area contributed by atoms with Crippen molar-refractivity contribution in [2.45, 2.75) is 38.3 Å². The smallest absolute Gasteiger partial charge is 0.224 e. The Bertz CT molecular complexity index is 739. The lowest BCUT2D eigenvalue weighted by Gasteiger charge is -2.33. The number of aryl methyl sites for hydroxylation is 1. The number of carbonyl (C=O) groups excluding carboxylic acids is 1. The molecule has 0 saturated carbocycles. The van der Waals surface area contributed by atoms with Crippen LogP contribution in [-0.4, -0.2) is 34.9 Å². The summed E-state index contributed by atoms with van der Waals surface area (Å²) in [4.78, 5) is 18.0. The minimum Gasteiger partial charge on any atom is -0.382 e. The molecule has 1 aromatic heterocycles. The lowest BCUT2D eigenvalue weighted by Crippen LogP contribution is -2.38. The number of hydrogen-bond donors (Lipinski definition) is 2. The van der Waals surface area contributed by atoms with Crippen molar-refractivity contribution in [1.82, 2.24) is 9.88 Å². The van der Waals surface area contributed by atoms with E-state index in [9.17, 15) is 4.79 Å². The Morgan fingerprint density at radius 1 is 1.12 bits per heavy atom. The van der Waals surface area contributed by atoms with Crippen molar-refractivity contribution >= 4 is 17.3 Å². The molecule has 0 radical (unpaired) electrons. The van der Waals surface area contributed by atoms with Gasteiger partial charge in [0.1, 0.15) is 0 Å². The number of piperidine rings is 1. The number of rotatable bonds is 4. The highest BCUT2D eigenvalue weighted by molar-refractivity contribution is 5.94. The lowest BCUT2D eigenvalue weighted by atomic mass is 10.0. The number of pyridine rings is 1. The molecule has 3 heterocycles. The molecule has 0 unspecified atom stereocenters. The summed E-state index contributed by atoms with van der Waals surface area (Å²) in [5.41, 5.74) is 4.70. The molecule has 0 bridgehead atoms. The first-order chi connectivity index (χ1) is 12.3. The van der Waals surface area contributed by atoms with Crippen LogP contribution in [0.5, 0.6) is 0 Å². The SMILES string of the molecule is O=C1CCc2cc(NC3CCN(Cc4ccncc4)CC3)ccc2N1. The first kappa shape index (κ1) is 16.1. The van der Waals surface area contributed by atoms with Gasteiger partial charge in [-0.15, -0.1) is 0 Å². The molecule has 2 N–H and O–H groups in total. The van der Waals surface area contributed by atoms with Crippen molar-refractivity contribution in [3.63, 3.8) is 0 Å². The number of anilines is 2. The number of fused-ring (bicyclic) bond motifs is 1. The molecule has 2 aliphatic rings.